The number of likely N-dealkylation sites (N-methyl/N-ethyl adjacent to an activating group) is 1. The first-order valence-electron chi connectivity index (χ1n) is 15.9. The van der Waals surface area contributed by atoms with Gasteiger partial charge in [0.15, 0.2) is 0 Å². The number of hydrogen-bond donors (Lipinski definition) is 3. The van der Waals surface area contributed by atoms with Crippen LogP contribution in [0.2, 0.25) is 0 Å². The van der Waals surface area contributed by atoms with Gasteiger partial charge in [0.05, 0.1) is 42.6 Å². The van der Waals surface area contributed by atoms with Crippen LogP contribution in [0, 0.1) is 34.5 Å². The van der Waals surface area contributed by atoms with Gasteiger partial charge >= 0.3 is 5.97 Å². The fourth-order valence-electron chi connectivity index (χ4n) is 12.2. The van der Waals surface area contributed by atoms with Gasteiger partial charge in [-0.05, 0) is 43.9 Å². The van der Waals surface area contributed by atoms with Gasteiger partial charge in [0.25, 0.3) is 0 Å². The monoisotopic (exact) mass is 600 g/mol. The number of benzene rings is 1. The number of methoxy groups -OCH3 is 4. The number of anilines is 1. The van der Waals surface area contributed by atoms with Crippen LogP contribution in [0.3, 0.4) is 0 Å². The SMILES string of the molecule is CCN1C[C@]2(COC(=O)c3ccccc3NC)CC[C@H](OC)[C@@]34[C@@H]5C[C@H]6[C@H](OC)[C@@H]5[C@](O)(C[C@@H]6OC)[C@](O)([C@@H](OC)[C@H]23)[C@@H]14. The standard InChI is InChI=1S/C33H48N2O8/c1-7-35-16-30(17-43-28(36)18-10-8-9-11-21(18)34-2)13-12-23(40-4)32-20-14-19-22(39-3)15-31(37,24(20)25(19)41-5)33(38,29(32)35)27(42-6)26(30)32/h8-11,19-20,22-27,29,34,37-38H,7,12-17H2,1-6H3/t19-,20-,22+,23+,24-,25+,26-,27+,29+,30+,31-,32+,33+/m1/s1. The van der Waals surface area contributed by atoms with Crippen LogP contribution < -0.4 is 5.32 Å². The Hall–Kier alpha value is -1.79. The first-order valence-corrected chi connectivity index (χ1v) is 15.9. The second kappa shape index (κ2) is 10.1. The first kappa shape index (κ1) is 29.9. The number of rotatable bonds is 9. The van der Waals surface area contributed by atoms with E-state index in [2.05, 4.69) is 17.1 Å². The second-order valence-electron chi connectivity index (χ2n) is 14.1. The van der Waals surface area contributed by atoms with Crippen LogP contribution in [0.4, 0.5) is 5.69 Å². The van der Waals surface area contributed by atoms with Crippen LogP contribution in [-0.2, 0) is 23.7 Å². The molecule has 5 saturated carbocycles. The Morgan fingerprint density at radius 3 is 2.51 bits per heavy atom. The molecule has 6 aliphatic rings. The fraction of sp³-hybridized carbons (Fsp3) is 0.788. The molecule has 1 saturated heterocycles. The number of carbonyl (C=O) groups is 1. The summed E-state index contributed by atoms with van der Waals surface area (Å²) in [6.07, 6.45) is 1.30. The lowest BCUT2D eigenvalue weighted by molar-refractivity contribution is -0.320. The van der Waals surface area contributed by atoms with E-state index in [0.29, 0.717) is 25.1 Å². The number of hydrogen-bond acceptors (Lipinski definition) is 10. The molecule has 10 heteroatoms. The summed E-state index contributed by atoms with van der Waals surface area (Å²) in [5.74, 6) is -0.773. The van der Waals surface area contributed by atoms with Crippen molar-refractivity contribution in [2.75, 3.05) is 60.5 Å². The summed E-state index contributed by atoms with van der Waals surface area (Å²) in [6.45, 7) is 3.61. The average Bonchev–Trinajstić information content (AvgIpc) is 3.44. The molecular formula is C33H48N2O8. The van der Waals surface area contributed by atoms with Gasteiger partial charge in [0, 0.05) is 82.7 Å². The second-order valence-corrected chi connectivity index (χ2v) is 14.1. The molecule has 43 heavy (non-hydrogen) atoms. The Kier molecular flexibility index (Phi) is 7.03. The molecule has 13 atom stereocenters. The minimum absolute atomic E-state index is 0.00252. The zero-order chi connectivity index (χ0) is 30.5. The average molecular weight is 601 g/mol. The molecule has 1 aromatic carbocycles. The topological polar surface area (TPSA) is 119 Å². The van der Waals surface area contributed by atoms with E-state index in [1.807, 2.05) is 18.2 Å². The van der Waals surface area contributed by atoms with Gasteiger partial charge in [0.2, 0.25) is 0 Å². The van der Waals surface area contributed by atoms with E-state index in [-0.39, 0.29) is 54.6 Å². The van der Waals surface area contributed by atoms with Gasteiger partial charge in [-0.25, -0.2) is 4.79 Å². The van der Waals surface area contributed by atoms with E-state index in [1.165, 1.54) is 0 Å². The van der Waals surface area contributed by atoms with Crippen molar-refractivity contribution in [3.8, 4) is 0 Å². The summed E-state index contributed by atoms with van der Waals surface area (Å²) < 4.78 is 31.3. The van der Waals surface area contributed by atoms with Crippen molar-refractivity contribution in [3.63, 3.8) is 0 Å². The maximum Gasteiger partial charge on any atom is 0.340 e. The third-order valence-corrected chi connectivity index (χ3v) is 13.2. The molecule has 238 valence electrons. The third kappa shape index (κ3) is 3.36. The van der Waals surface area contributed by atoms with Crippen LogP contribution in [0.1, 0.15) is 43.0 Å². The predicted octanol–water partition coefficient (Wildman–Crippen LogP) is 2.18. The normalized spacial score (nSPS) is 49.2. The molecule has 0 unspecified atom stereocenters. The molecule has 0 radical (unpaired) electrons. The molecule has 6 fully saturated rings. The number of nitrogens with zero attached hydrogens (tertiary/aromatic N) is 1. The summed E-state index contributed by atoms with van der Waals surface area (Å²) in [5.41, 5.74) is -2.95. The van der Waals surface area contributed by atoms with E-state index >= 15 is 0 Å². The number of para-hydroxylation sites is 1. The minimum atomic E-state index is -1.61. The van der Waals surface area contributed by atoms with E-state index in [0.717, 1.165) is 24.9 Å². The van der Waals surface area contributed by atoms with Crippen LogP contribution in [-0.4, -0.2) is 118 Å². The summed E-state index contributed by atoms with van der Waals surface area (Å²) >= 11 is 0. The zero-order valence-corrected chi connectivity index (χ0v) is 26.2. The van der Waals surface area contributed by atoms with Gasteiger partial charge < -0.3 is 39.2 Å². The minimum Gasteiger partial charge on any atom is -0.461 e. The number of nitrogens with one attached hydrogen (secondary N) is 1. The number of likely N-dealkylation sites (tertiary alicyclic amines) is 1. The molecule has 7 bridgehead atoms. The lowest BCUT2D eigenvalue weighted by Gasteiger charge is -2.70. The highest BCUT2D eigenvalue weighted by Crippen LogP contribution is 2.80. The van der Waals surface area contributed by atoms with Gasteiger partial charge in [-0.3, -0.25) is 4.90 Å². The van der Waals surface area contributed by atoms with Gasteiger partial charge in [0.1, 0.15) is 11.2 Å². The van der Waals surface area contributed by atoms with Gasteiger partial charge in [-0.1, -0.05) is 19.1 Å². The van der Waals surface area contributed by atoms with Gasteiger partial charge in [-0.2, -0.15) is 0 Å². The lowest BCUT2D eigenvalue weighted by Crippen LogP contribution is -2.82. The summed E-state index contributed by atoms with van der Waals surface area (Å²) in [5, 5.41) is 29.5. The first-order chi connectivity index (χ1) is 20.7. The van der Waals surface area contributed by atoms with Crippen LogP contribution >= 0.6 is 0 Å². The molecule has 3 N–H and O–H groups in total. The largest absolute Gasteiger partial charge is 0.461 e. The van der Waals surface area contributed by atoms with Crippen molar-refractivity contribution in [1.82, 2.24) is 4.90 Å². The van der Waals surface area contributed by atoms with Gasteiger partial charge in [-0.15, -0.1) is 0 Å². The molecule has 7 rings (SSSR count). The van der Waals surface area contributed by atoms with Crippen molar-refractivity contribution in [1.29, 1.82) is 0 Å². The van der Waals surface area contributed by atoms with Crippen molar-refractivity contribution in [2.45, 2.75) is 74.3 Å². The number of carbonyl (C=O) groups excluding carboxylic acids is 1. The molecule has 5 aliphatic carbocycles. The maximum absolute atomic E-state index is 13.6. The Bertz CT molecular complexity index is 1270. The van der Waals surface area contributed by atoms with E-state index in [1.54, 1.807) is 41.6 Å². The zero-order valence-electron chi connectivity index (χ0n) is 26.2. The van der Waals surface area contributed by atoms with Crippen molar-refractivity contribution < 1.29 is 38.7 Å². The number of piperidine rings is 1. The summed E-state index contributed by atoms with van der Waals surface area (Å²) in [4.78, 5) is 15.9. The van der Waals surface area contributed by atoms with Crippen molar-refractivity contribution in [2.24, 2.45) is 34.5 Å². The predicted molar refractivity (Wildman–Crippen MR) is 158 cm³/mol. The summed E-state index contributed by atoms with van der Waals surface area (Å²) in [7, 11) is 8.63. The number of esters is 1. The highest BCUT2D eigenvalue weighted by molar-refractivity contribution is 5.95. The number of ether oxygens (including phenoxy) is 5. The van der Waals surface area contributed by atoms with Crippen LogP contribution in [0.5, 0.6) is 0 Å². The van der Waals surface area contributed by atoms with E-state index in [4.69, 9.17) is 23.7 Å². The fourth-order valence-corrected chi connectivity index (χ4v) is 12.2. The maximum atomic E-state index is 13.6. The molecule has 1 aliphatic heterocycles. The Morgan fingerprint density at radius 1 is 1.09 bits per heavy atom. The van der Waals surface area contributed by atoms with Crippen molar-refractivity contribution in [3.05, 3.63) is 29.8 Å². The van der Waals surface area contributed by atoms with E-state index < -0.39 is 34.2 Å². The molecule has 1 aromatic rings. The summed E-state index contributed by atoms with van der Waals surface area (Å²) in [6, 6.07) is 6.98. The molecule has 1 heterocycles. The molecule has 1 spiro atoms. The molecular weight excluding hydrogens is 552 g/mol. The Balaban J connectivity index is 1.40. The molecule has 0 amide bonds. The molecule has 10 nitrogen and oxygen atoms in total. The quantitative estimate of drug-likeness (QED) is 0.364. The highest BCUT2D eigenvalue weighted by atomic mass is 16.5. The number of aliphatic hydroxyl groups is 2. The Morgan fingerprint density at radius 2 is 1.86 bits per heavy atom. The van der Waals surface area contributed by atoms with E-state index in [9.17, 15) is 15.0 Å². The molecule has 0 aromatic heterocycles. The number of fused-ring (bicyclic) bond motifs is 2. The smallest absolute Gasteiger partial charge is 0.340 e. The van der Waals surface area contributed by atoms with Crippen molar-refractivity contribution >= 4 is 11.7 Å². The third-order valence-electron chi connectivity index (χ3n) is 13.2. The van der Waals surface area contributed by atoms with Crippen LogP contribution in [0.25, 0.3) is 0 Å². The lowest BCUT2D eigenvalue weighted by atomic mass is 9.42. The van der Waals surface area contributed by atoms with Crippen LogP contribution in [0.15, 0.2) is 24.3 Å². The highest BCUT2D eigenvalue weighted by Gasteiger charge is 2.91. The Labute approximate surface area is 254 Å².